The Hall–Kier alpha value is -6.96. The van der Waals surface area contributed by atoms with E-state index in [0.717, 1.165) is 11.2 Å². The Morgan fingerprint density at radius 3 is 1.59 bits per heavy atom. The molecule has 0 unspecified atom stereocenters. The third-order valence-corrected chi connectivity index (χ3v) is 12.6. The van der Waals surface area contributed by atoms with Gasteiger partial charge in [-0.25, -0.2) is 0 Å². The van der Waals surface area contributed by atoms with Crippen molar-refractivity contribution in [3.8, 4) is 44.5 Å². The topological polar surface area (TPSA) is 13.1 Å². The molecule has 0 amide bonds. The molecule has 0 saturated carbocycles. The maximum absolute atomic E-state index is 6.75. The Kier molecular flexibility index (Phi) is 6.46. The van der Waals surface area contributed by atoms with Gasteiger partial charge in [0.2, 0.25) is 0 Å². The molecule has 11 aromatic rings. The van der Waals surface area contributed by atoms with Gasteiger partial charge in [-0.3, -0.25) is 0 Å². The first-order chi connectivity index (χ1) is 27.6. The summed E-state index contributed by atoms with van der Waals surface area (Å²) in [4.78, 5) is 0. The van der Waals surface area contributed by atoms with Gasteiger partial charge in [-0.2, -0.15) is 0 Å². The number of rotatable bonds is 3. The molecule has 0 fully saturated rings. The van der Waals surface area contributed by atoms with E-state index >= 15 is 0 Å². The maximum Gasteiger partial charge on any atom is 0.140 e. The number of hydrogen-bond acceptors (Lipinski definition) is 1. The Morgan fingerprint density at radius 1 is 0.375 bits per heavy atom. The molecule has 0 N–H and O–H groups in total. The standard InChI is InChI=1S/C55H36O/c1-55(2)47-31-30-36(32-46(47)51-43-21-9-10-22-44(43)52-45-23-11-12-25-48(45)56-54(52)53(51)55)33-26-28-35(29-27-33)49-39-17-5-7-19-41(39)50(42-20-8-6-18-40(42)49)38-24-13-15-34-14-3-4-16-37(34)38/h3-32H,1-2H3. The average molecular weight is 713 g/mol. The van der Waals surface area contributed by atoms with Crippen LogP contribution in [0.15, 0.2) is 186 Å². The summed E-state index contributed by atoms with van der Waals surface area (Å²) in [7, 11) is 0. The zero-order chi connectivity index (χ0) is 37.1. The largest absolute Gasteiger partial charge is 0.456 e. The summed E-state index contributed by atoms with van der Waals surface area (Å²) in [5.74, 6) is 0. The van der Waals surface area contributed by atoms with Crippen molar-refractivity contribution in [3.05, 3.63) is 193 Å². The minimum absolute atomic E-state index is 0.219. The molecule has 1 aliphatic rings. The fourth-order valence-electron chi connectivity index (χ4n) is 10.1. The van der Waals surface area contributed by atoms with Gasteiger partial charge in [0, 0.05) is 21.8 Å². The Morgan fingerprint density at radius 2 is 0.893 bits per heavy atom. The van der Waals surface area contributed by atoms with Crippen LogP contribution in [-0.4, -0.2) is 0 Å². The van der Waals surface area contributed by atoms with Crippen LogP contribution in [0.3, 0.4) is 0 Å². The van der Waals surface area contributed by atoms with E-state index in [1.54, 1.807) is 0 Å². The summed E-state index contributed by atoms with van der Waals surface area (Å²) in [6.07, 6.45) is 0. The van der Waals surface area contributed by atoms with Crippen LogP contribution in [0.25, 0.3) is 110 Å². The van der Waals surface area contributed by atoms with Crippen LogP contribution < -0.4 is 0 Å². The van der Waals surface area contributed by atoms with E-state index in [1.165, 1.54) is 109 Å². The lowest BCUT2D eigenvalue weighted by molar-refractivity contribution is 0.620. The summed E-state index contributed by atoms with van der Waals surface area (Å²) < 4.78 is 6.75. The van der Waals surface area contributed by atoms with Gasteiger partial charge in [0.25, 0.3) is 0 Å². The van der Waals surface area contributed by atoms with Gasteiger partial charge in [0.05, 0.1) is 0 Å². The lowest BCUT2D eigenvalue weighted by Crippen LogP contribution is -2.15. The number of furan rings is 1. The normalized spacial score (nSPS) is 13.3. The molecular formula is C55H36O. The monoisotopic (exact) mass is 712 g/mol. The molecule has 12 rings (SSSR count). The number of para-hydroxylation sites is 1. The molecule has 56 heavy (non-hydrogen) atoms. The van der Waals surface area contributed by atoms with E-state index in [-0.39, 0.29) is 5.41 Å². The van der Waals surface area contributed by atoms with Gasteiger partial charge in [0.15, 0.2) is 0 Å². The fraction of sp³-hybridized carbons (Fsp3) is 0.0545. The molecule has 1 aliphatic carbocycles. The van der Waals surface area contributed by atoms with Crippen LogP contribution in [0.2, 0.25) is 0 Å². The van der Waals surface area contributed by atoms with Crippen molar-refractivity contribution in [1.29, 1.82) is 0 Å². The quantitative estimate of drug-likeness (QED) is 0.166. The van der Waals surface area contributed by atoms with Gasteiger partial charge >= 0.3 is 0 Å². The Bertz CT molecular complexity index is 3370. The number of hydrogen-bond donors (Lipinski definition) is 0. The first kappa shape index (κ1) is 31.4. The van der Waals surface area contributed by atoms with Crippen LogP contribution in [0, 0.1) is 0 Å². The predicted octanol–water partition coefficient (Wildman–Crippen LogP) is 15.5. The van der Waals surface area contributed by atoms with Crippen LogP contribution in [0.5, 0.6) is 0 Å². The smallest absolute Gasteiger partial charge is 0.140 e. The first-order valence-electron chi connectivity index (χ1n) is 19.6. The molecule has 0 atom stereocenters. The minimum Gasteiger partial charge on any atom is -0.456 e. The molecule has 0 bridgehead atoms. The average Bonchev–Trinajstić information content (AvgIpc) is 3.75. The summed E-state index contributed by atoms with van der Waals surface area (Å²) in [5.41, 5.74) is 14.4. The molecule has 0 radical (unpaired) electrons. The summed E-state index contributed by atoms with van der Waals surface area (Å²) in [5, 5.41) is 12.5. The summed E-state index contributed by atoms with van der Waals surface area (Å²) in [6.45, 7) is 4.71. The number of benzene rings is 10. The van der Waals surface area contributed by atoms with Gasteiger partial charge in [-0.05, 0) is 105 Å². The molecule has 0 spiro atoms. The zero-order valence-corrected chi connectivity index (χ0v) is 31.2. The van der Waals surface area contributed by atoms with E-state index in [2.05, 4.69) is 196 Å². The molecule has 1 heteroatoms. The third-order valence-electron chi connectivity index (χ3n) is 12.6. The molecule has 10 aromatic carbocycles. The zero-order valence-electron chi connectivity index (χ0n) is 31.2. The summed E-state index contributed by atoms with van der Waals surface area (Å²) in [6, 6.07) is 67.0. The van der Waals surface area contributed by atoms with Crippen LogP contribution in [0.1, 0.15) is 25.0 Å². The van der Waals surface area contributed by atoms with Crippen molar-refractivity contribution in [3.63, 3.8) is 0 Å². The molecule has 1 aromatic heterocycles. The first-order valence-corrected chi connectivity index (χ1v) is 19.6. The lowest BCUT2D eigenvalue weighted by atomic mass is 9.80. The van der Waals surface area contributed by atoms with E-state index in [0.29, 0.717) is 0 Å². The third kappa shape index (κ3) is 4.26. The summed E-state index contributed by atoms with van der Waals surface area (Å²) >= 11 is 0. The predicted molar refractivity (Wildman–Crippen MR) is 238 cm³/mol. The maximum atomic E-state index is 6.75. The van der Waals surface area contributed by atoms with Crippen molar-refractivity contribution in [2.45, 2.75) is 19.3 Å². The van der Waals surface area contributed by atoms with Gasteiger partial charge < -0.3 is 4.42 Å². The molecule has 1 heterocycles. The second-order valence-corrected chi connectivity index (χ2v) is 15.9. The molecule has 1 nitrogen and oxygen atoms in total. The molecular weight excluding hydrogens is 677 g/mol. The highest BCUT2D eigenvalue weighted by molar-refractivity contribution is 6.26. The van der Waals surface area contributed by atoms with Gasteiger partial charge in [-0.15, -0.1) is 0 Å². The molecule has 0 saturated heterocycles. The highest BCUT2D eigenvalue weighted by Crippen LogP contribution is 2.56. The van der Waals surface area contributed by atoms with Crippen molar-refractivity contribution in [2.75, 3.05) is 0 Å². The van der Waals surface area contributed by atoms with Crippen molar-refractivity contribution < 1.29 is 4.42 Å². The SMILES string of the molecule is CC1(C)c2ccc(-c3ccc(-c4c5ccccc5c(-c5cccc6ccccc56)c5ccccc45)cc3)cc2-c2c1c1oc3ccccc3c1c1ccccc21. The van der Waals surface area contributed by atoms with Crippen LogP contribution >= 0.6 is 0 Å². The molecule has 0 aliphatic heterocycles. The Labute approximate surface area is 325 Å². The van der Waals surface area contributed by atoms with E-state index < -0.39 is 0 Å². The van der Waals surface area contributed by atoms with E-state index in [4.69, 9.17) is 4.42 Å². The van der Waals surface area contributed by atoms with E-state index in [1.807, 2.05) is 0 Å². The number of fused-ring (bicyclic) bond motifs is 13. The highest BCUT2D eigenvalue weighted by Gasteiger charge is 2.40. The fourth-order valence-corrected chi connectivity index (χ4v) is 10.1. The van der Waals surface area contributed by atoms with Gasteiger partial charge in [0.1, 0.15) is 11.2 Å². The Balaban J connectivity index is 1.03. The lowest BCUT2D eigenvalue weighted by Gasteiger charge is -2.22. The van der Waals surface area contributed by atoms with Crippen molar-refractivity contribution >= 4 is 65.0 Å². The second-order valence-electron chi connectivity index (χ2n) is 15.9. The second kappa shape index (κ2) is 11.5. The van der Waals surface area contributed by atoms with Crippen molar-refractivity contribution in [2.24, 2.45) is 0 Å². The van der Waals surface area contributed by atoms with E-state index in [9.17, 15) is 0 Å². The van der Waals surface area contributed by atoms with Crippen LogP contribution in [-0.2, 0) is 5.41 Å². The van der Waals surface area contributed by atoms with Crippen LogP contribution in [0.4, 0.5) is 0 Å². The molecule has 262 valence electrons. The minimum atomic E-state index is -0.219. The van der Waals surface area contributed by atoms with Gasteiger partial charge in [-0.1, -0.05) is 184 Å². The van der Waals surface area contributed by atoms with Crippen molar-refractivity contribution in [1.82, 2.24) is 0 Å². The highest BCUT2D eigenvalue weighted by atomic mass is 16.3.